The van der Waals surface area contributed by atoms with Gasteiger partial charge in [-0.15, -0.1) is 0 Å². The second-order valence-electron chi connectivity index (χ2n) is 10.5. The Bertz CT molecular complexity index is 1200. The summed E-state index contributed by atoms with van der Waals surface area (Å²) in [6.07, 6.45) is 11.2. The SMILES string of the molecule is CN1CCC2(CC1)C[C@@H]2C(=O)N[C@@H](CCCCCC(=O)c1ncco1)c1nc(-c2ccc(F)cc2)c[nH]1. The smallest absolute Gasteiger partial charge is 0.263 e. The molecule has 2 aliphatic rings. The zero-order valence-corrected chi connectivity index (χ0v) is 21.2. The van der Waals surface area contributed by atoms with Crippen molar-refractivity contribution in [2.45, 2.75) is 57.4 Å². The van der Waals surface area contributed by atoms with E-state index in [1.54, 1.807) is 18.3 Å². The number of halogens is 1. The molecule has 1 aliphatic heterocycles. The number of unbranched alkanes of at least 4 members (excludes halogenated alkanes) is 2. The van der Waals surface area contributed by atoms with E-state index in [-0.39, 0.29) is 40.8 Å². The van der Waals surface area contributed by atoms with Crippen molar-refractivity contribution in [3.63, 3.8) is 0 Å². The number of aromatic amines is 1. The number of imidazole rings is 1. The van der Waals surface area contributed by atoms with Crippen molar-refractivity contribution < 1.29 is 18.4 Å². The van der Waals surface area contributed by atoms with Gasteiger partial charge in [0.05, 0.1) is 17.9 Å². The number of hydrogen-bond donors (Lipinski definition) is 2. The van der Waals surface area contributed by atoms with E-state index in [0.29, 0.717) is 24.4 Å². The summed E-state index contributed by atoms with van der Waals surface area (Å²) >= 11 is 0. The topological polar surface area (TPSA) is 104 Å². The van der Waals surface area contributed by atoms with Gasteiger partial charge in [0, 0.05) is 24.1 Å². The summed E-state index contributed by atoms with van der Waals surface area (Å²) in [6, 6.07) is 5.96. The van der Waals surface area contributed by atoms with Crippen LogP contribution in [-0.2, 0) is 4.79 Å². The van der Waals surface area contributed by atoms with E-state index in [0.717, 1.165) is 57.2 Å². The maximum Gasteiger partial charge on any atom is 0.263 e. The molecule has 1 saturated carbocycles. The van der Waals surface area contributed by atoms with Gasteiger partial charge in [0.25, 0.3) is 5.89 Å². The minimum absolute atomic E-state index is 0.0636. The number of likely N-dealkylation sites (tertiary alicyclic amines) is 1. The first-order chi connectivity index (χ1) is 17.9. The average Bonchev–Trinajstić information content (AvgIpc) is 3.27. The number of carbonyl (C=O) groups is 2. The number of nitrogens with one attached hydrogen (secondary N) is 2. The second-order valence-corrected chi connectivity index (χ2v) is 10.5. The third kappa shape index (κ3) is 5.98. The summed E-state index contributed by atoms with van der Waals surface area (Å²) in [6.45, 7) is 2.08. The van der Waals surface area contributed by atoms with Crippen LogP contribution in [0.4, 0.5) is 4.39 Å². The highest BCUT2D eigenvalue weighted by Gasteiger charge is 2.58. The third-order valence-corrected chi connectivity index (χ3v) is 7.94. The standard InChI is InChI=1S/C28H34FN5O3/c1-34-14-11-28(12-15-34)17-21(28)26(36)33-22(5-3-2-4-6-24(35)27-30-13-16-37-27)25-31-18-23(32-25)19-7-9-20(29)10-8-19/h7-10,13,16,18,21-22H,2-6,11-12,14-15,17H2,1H3,(H,31,32)(H,33,36)/t21-,22+/m1/s1. The lowest BCUT2D eigenvalue weighted by atomic mass is 9.91. The van der Waals surface area contributed by atoms with Gasteiger partial charge in [-0.3, -0.25) is 9.59 Å². The van der Waals surface area contributed by atoms with Crippen molar-refractivity contribution in [1.29, 1.82) is 0 Å². The Morgan fingerprint density at radius 1 is 1.22 bits per heavy atom. The molecule has 1 saturated heterocycles. The van der Waals surface area contributed by atoms with Gasteiger partial charge in [0.2, 0.25) is 11.7 Å². The fraction of sp³-hybridized carbons (Fsp3) is 0.500. The van der Waals surface area contributed by atoms with Crippen LogP contribution >= 0.6 is 0 Å². The van der Waals surface area contributed by atoms with E-state index in [4.69, 9.17) is 9.40 Å². The lowest BCUT2D eigenvalue weighted by molar-refractivity contribution is -0.124. The highest BCUT2D eigenvalue weighted by Crippen LogP contribution is 2.59. The van der Waals surface area contributed by atoms with E-state index in [1.807, 2.05) is 0 Å². The molecule has 1 aliphatic carbocycles. The largest absolute Gasteiger partial charge is 0.442 e. The van der Waals surface area contributed by atoms with Crippen LogP contribution in [0, 0.1) is 17.2 Å². The van der Waals surface area contributed by atoms with Gasteiger partial charge in [0.1, 0.15) is 17.9 Å². The zero-order chi connectivity index (χ0) is 25.8. The monoisotopic (exact) mass is 507 g/mol. The molecular formula is C28H34FN5O3. The van der Waals surface area contributed by atoms with Crippen molar-refractivity contribution in [3.8, 4) is 11.3 Å². The van der Waals surface area contributed by atoms with Crippen LogP contribution < -0.4 is 5.32 Å². The van der Waals surface area contributed by atoms with Gasteiger partial charge in [-0.05, 0) is 81.9 Å². The van der Waals surface area contributed by atoms with Gasteiger partial charge in [0.15, 0.2) is 0 Å². The Hall–Kier alpha value is -3.33. The van der Waals surface area contributed by atoms with Crippen molar-refractivity contribution in [1.82, 2.24) is 25.2 Å². The Labute approximate surface area is 216 Å². The molecule has 1 spiro atoms. The fourth-order valence-corrected chi connectivity index (χ4v) is 5.45. The highest BCUT2D eigenvalue weighted by atomic mass is 19.1. The van der Waals surface area contributed by atoms with Gasteiger partial charge in [-0.25, -0.2) is 14.4 Å². The average molecular weight is 508 g/mol. The Kier molecular flexibility index (Phi) is 7.50. The third-order valence-electron chi connectivity index (χ3n) is 7.94. The van der Waals surface area contributed by atoms with Gasteiger partial charge in [-0.1, -0.05) is 12.8 Å². The maximum atomic E-state index is 13.4. The molecule has 0 unspecified atom stereocenters. The molecule has 0 radical (unpaired) electrons. The van der Waals surface area contributed by atoms with E-state index >= 15 is 0 Å². The molecule has 5 rings (SSSR count). The molecule has 196 valence electrons. The van der Waals surface area contributed by atoms with Crippen LogP contribution in [0.3, 0.4) is 0 Å². The molecular weight excluding hydrogens is 473 g/mol. The van der Waals surface area contributed by atoms with Crippen LogP contribution in [0.5, 0.6) is 0 Å². The number of piperidine rings is 1. The number of rotatable bonds is 11. The minimum Gasteiger partial charge on any atom is -0.442 e. The van der Waals surface area contributed by atoms with E-state index < -0.39 is 0 Å². The highest BCUT2D eigenvalue weighted by molar-refractivity contribution is 5.91. The number of ketones is 1. The van der Waals surface area contributed by atoms with Gasteiger partial charge < -0.3 is 19.6 Å². The summed E-state index contributed by atoms with van der Waals surface area (Å²) < 4.78 is 18.4. The molecule has 2 atom stereocenters. The van der Waals surface area contributed by atoms with E-state index in [1.165, 1.54) is 24.6 Å². The first-order valence-electron chi connectivity index (χ1n) is 13.2. The lowest BCUT2D eigenvalue weighted by Gasteiger charge is -2.30. The lowest BCUT2D eigenvalue weighted by Crippen LogP contribution is -2.36. The number of hydrogen-bond acceptors (Lipinski definition) is 6. The number of oxazole rings is 1. The summed E-state index contributed by atoms with van der Waals surface area (Å²) in [5.74, 6) is 0.630. The molecule has 37 heavy (non-hydrogen) atoms. The number of aromatic nitrogens is 3. The molecule has 2 aromatic heterocycles. The van der Waals surface area contributed by atoms with Crippen LogP contribution in [0.1, 0.15) is 73.9 Å². The van der Waals surface area contributed by atoms with Gasteiger partial charge >= 0.3 is 0 Å². The Balaban J connectivity index is 1.21. The molecule has 0 bridgehead atoms. The van der Waals surface area contributed by atoms with Crippen LogP contribution in [0.2, 0.25) is 0 Å². The Morgan fingerprint density at radius 2 is 2.00 bits per heavy atom. The molecule has 3 heterocycles. The quantitative estimate of drug-likeness (QED) is 0.282. The predicted molar refractivity (Wildman–Crippen MR) is 136 cm³/mol. The van der Waals surface area contributed by atoms with E-state index in [2.05, 4.69) is 27.2 Å². The molecule has 3 aromatic rings. The summed E-state index contributed by atoms with van der Waals surface area (Å²) in [7, 11) is 2.13. The molecule has 1 amide bonds. The number of H-pyrrole nitrogens is 1. The maximum absolute atomic E-state index is 13.4. The number of Topliss-reactive ketones (excluding diaryl/α,β-unsaturated/α-hetero) is 1. The minimum atomic E-state index is -0.293. The van der Waals surface area contributed by atoms with Crippen molar-refractivity contribution in [2.24, 2.45) is 11.3 Å². The van der Waals surface area contributed by atoms with Crippen molar-refractivity contribution in [2.75, 3.05) is 20.1 Å². The predicted octanol–water partition coefficient (Wildman–Crippen LogP) is 4.93. The second kappa shape index (κ2) is 11.0. The molecule has 2 N–H and O–H groups in total. The fourth-order valence-electron chi connectivity index (χ4n) is 5.45. The van der Waals surface area contributed by atoms with Crippen LogP contribution in [0.15, 0.2) is 47.3 Å². The molecule has 1 aromatic carbocycles. The molecule has 2 fully saturated rings. The number of nitrogens with zero attached hydrogens (tertiary/aromatic N) is 3. The zero-order valence-electron chi connectivity index (χ0n) is 21.2. The van der Waals surface area contributed by atoms with Crippen LogP contribution in [0.25, 0.3) is 11.3 Å². The van der Waals surface area contributed by atoms with Crippen LogP contribution in [-0.4, -0.2) is 51.7 Å². The number of benzene rings is 1. The van der Waals surface area contributed by atoms with Gasteiger partial charge in [-0.2, -0.15) is 0 Å². The first kappa shape index (κ1) is 25.3. The summed E-state index contributed by atoms with van der Waals surface area (Å²) in [4.78, 5) is 39.6. The van der Waals surface area contributed by atoms with Crippen molar-refractivity contribution >= 4 is 11.7 Å². The molecule has 8 nitrogen and oxygen atoms in total. The van der Waals surface area contributed by atoms with E-state index in [9.17, 15) is 14.0 Å². The normalized spacial score (nSPS) is 19.6. The number of carbonyl (C=O) groups excluding carboxylic acids is 2. The Morgan fingerprint density at radius 3 is 2.73 bits per heavy atom. The number of amides is 1. The first-order valence-corrected chi connectivity index (χ1v) is 13.2. The summed E-state index contributed by atoms with van der Waals surface area (Å²) in [5.41, 5.74) is 1.68. The summed E-state index contributed by atoms with van der Waals surface area (Å²) in [5, 5.41) is 3.28. The van der Waals surface area contributed by atoms with Crippen molar-refractivity contribution in [3.05, 3.63) is 60.5 Å². The molecule has 9 heteroatoms.